The lowest BCUT2D eigenvalue weighted by atomic mass is 10.2. The number of hydrogen-bond donors (Lipinski definition) is 2. The summed E-state index contributed by atoms with van der Waals surface area (Å²) in [4.78, 5) is 14.2. The summed E-state index contributed by atoms with van der Waals surface area (Å²) in [5, 5.41) is 3.01. The van der Waals surface area contributed by atoms with Gasteiger partial charge in [0.2, 0.25) is 10.0 Å². The van der Waals surface area contributed by atoms with Crippen LogP contribution >= 0.6 is 0 Å². The summed E-state index contributed by atoms with van der Waals surface area (Å²) in [5.41, 5.74) is 0.915. The van der Waals surface area contributed by atoms with E-state index in [1.807, 2.05) is 0 Å². The monoisotopic (exact) mass is 337 g/mol. The predicted molar refractivity (Wildman–Crippen MR) is 86.5 cm³/mol. The number of nitrogens with one attached hydrogen (secondary N) is 2. The fourth-order valence-corrected chi connectivity index (χ4v) is 4.08. The van der Waals surface area contributed by atoms with Gasteiger partial charge in [0.05, 0.1) is 11.4 Å². The van der Waals surface area contributed by atoms with Gasteiger partial charge in [-0.05, 0) is 30.7 Å². The second-order valence-corrected chi connectivity index (χ2v) is 7.30. The van der Waals surface area contributed by atoms with Crippen LogP contribution in [0.4, 0.5) is 15.8 Å². The van der Waals surface area contributed by atoms with Gasteiger partial charge in [-0.1, -0.05) is 6.07 Å². The van der Waals surface area contributed by atoms with E-state index in [0.717, 1.165) is 4.31 Å². The average molecular weight is 337 g/mol. The number of sulfonamides is 1. The van der Waals surface area contributed by atoms with Gasteiger partial charge in [0.15, 0.2) is 0 Å². The molecular formula is C15H16FN3O3S. The molecule has 0 unspecified atom stereocenters. The van der Waals surface area contributed by atoms with Gasteiger partial charge in [0.1, 0.15) is 5.82 Å². The molecule has 23 heavy (non-hydrogen) atoms. The second kappa shape index (κ2) is 6.04. The Morgan fingerprint density at radius 1 is 1.30 bits per heavy atom. The summed E-state index contributed by atoms with van der Waals surface area (Å²) >= 11 is 0. The fourth-order valence-electron chi connectivity index (χ4n) is 2.52. The number of pyridine rings is 1. The summed E-state index contributed by atoms with van der Waals surface area (Å²) < 4.78 is 39.0. The van der Waals surface area contributed by atoms with Gasteiger partial charge in [-0.3, -0.25) is 9.10 Å². The minimum absolute atomic E-state index is 0.0312. The second-order valence-electron chi connectivity index (χ2n) is 5.29. The van der Waals surface area contributed by atoms with Gasteiger partial charge in [-0.2, -0.15) is 0 Å². The molecule has 1 fully saturated rings. The van der Waals surface area contributed by atoms with Crippen LogP contribution in [0, 0.1) is 5.82 Å². The van der Waals surface area contributed by atoms with Crippen molar-refractivity contribution in [2.24, 2.45) is 0 Å². The molecule has 0 saturated carbocycles. The van der Waals surface area contributed by atoms with E-state index in [0.29, 0.717) is 17.7 Å². The van der Waals surface area contributed by atoms with E-state index in [1.165, 1.54) is 18.2 Å². The molecule has 0 bridgehead atoms. The number of aromatic amines is 1. The minimum Gasteiger partial charge on any atom is -0.381 e. The first-order valence-electron chi connectivity index (χ1n) is 7.18. The number of hydrogen-bond acceptors (Lipinski definition) is 4. The Labute approximate surface area is 133 Å². The predicted octanol–water partition coefficient (Wildman–Crippen LogP) is 1.67. The average Bonchev–Trinajstić information content (AvgIpc) is 2.87. The third-order valence-corrected chi connectivity index (χ3v) is 5.55. The van der Waals surface area contributed by atoms with Crippen LogP contribution in [-0.2, 0) is 16.6 Å². The lowest BCUT2D eigenvalue weighted by Crippen LogP contribution is -2.26. The summed E-state index contributed by atoms with van der Waals surface area (Å²) in [6.07, 6.45) is 2.03. The van der Waals surface area contributed by atoms with Crippen molar-refractivity contribution in [3.63, 3.8) is 0 Å². The molecule has 0 amide bonds. The first-order chi connectivity index (χ1) is 11.0. The van der Waals surface area contributed by atoms with Crippen LogP contribution in [0.3, 0.4) is 0 Å². The number of anilines is 2. The van der Waals surface area contributed by atoms with Gasteiger partial charge >= 0.3 is 0 Å². The van der Waals surface area contributed by atoms with Crippen molar-refractivity contribution in [2.75, 3.05) is 21.9 Å². The van der Waals surface area contributed by atoms with Crippen molar-refractivity contribution >= 4 is 21.4 Å². The van der Waals surface area contributed by atoms with E-state index >= 15 is 0 Å². The van der Waals surface area contributed by atoms with Crippen molar-refractivity contribution in [3.8, 4) is 0 Å². The molecular weight excluding hydrogens is 321 g/mol. The fraction of sp³-hybridized carbons (Fsp3) is 0.267. The number of rotatable bonds is 4. The van der Waals surface area contributed by atoms with Crippen molar-refractivity contribution in [1.82, 2.24) is 4.98 Å². The van der Waals surface area contributed by atoms with Crippen molar-refractivity contribution < 1.29 is 12.8 Å². The van der Waals surface area contributed by atoms with Gasteiger partial charge in [-0.15, -0.1) is 0 Å². The lowest BCUT2D eigenvalue weighted by molar-refractivity contribution is 0.595. The van der Waals surface area contributed by atoms with Gasteiger partial charge in [-0.25, -0.2) is 12.8 Å². The van der Waals surface area contributed by atoms with E-state index in [1.54, 1.807) is 18.3 Å². The van der Waals surface area contributed by atoms with Gasteiger partial charge in [0.25, 0.3) is 5.56 Å². The highest BCUT2D eigenvalue weighted by molar-refractivity contribution is 7.93. The van der Waals surface area contributed by atoms with Crippen LogP contribution in [0.5, 0.6) is 0 Å². The molecule has 3 rings (SSSR count). The molecule has 2 aromatic rings. The van der Waals surface area contributed by atoms with E-state index in [9.17, 15) is 17.6 Å². The maximum Gasteiger partial charge on any atom is 0.252 e. The van der Waals surface area contributed by atoms with Crippen molar-refractivity contribution in [3.05, 3.63) is 58.3 Å². The van der Waals surface area contributed by atoms with E-state index in [2.05, 4.69) is 10.3 Å². The topological polar surface area (TPSA) is 82.3 Å². The van der Waals surface area contributed by atoms with Crippen LogP contribution in [0.15, 0.2) is 41.3 Å². The normalized spacial score (nSPS) is 16.5. The van der Waals surface area contributed by atoms with E-state index < -0.39 is 15.8 Å². The summed E-state index contributed by atoms with van der Waals surface area (Å²) in [6.45, 7) is 0.537. The van der Waals surface area contributed by atoms with Crippen LogP contribution in [0.2, 0.25) is 0 Å². The van der Waals surface area contributed by atoms with E-state index in [4.69, 9.17) is 0 Å². The zero-order chi connectivity index (χ0) is 16.4. The van der Waals surface area contributed by atoms with Crippen LogP contribution in [0.1, 0.15) is 12.0 Å². The van der Waals surface area contributed by atoms with Crippen LogP contribution < -0.4 is 15.2 Å². The Hall–Kier alpha value is -2.35. The van der Waals surface area contributed by atoms with E-state index in [-0.39, 0.29) is 30.1 Å². The number of nitrogens with zero attached hydrogens (tertiary/aromatic N) is 1. The molecule has 2 N–H and O–H groups in total. The quantitative estimate of drug-likeness (QED) is 0.889. The standard InChI is InChI=1S/C15H16FN3O3S/c16-13-5-4-12(18-10-11-3-1-6-17-15(11)20)9-14(13)19-7-2-8-23(19,21)22/h1,3-6,9,18H,2,7-8,10H2,(H,17,20). The molecule has 1 saturated heterocycles. The first kappa shape index (κ1) is 15.5. The Morgan fingerprint density at radius 3 is 2.83 bits per heavy atom. The largest absolute Gasteiger partial charge is 0.381 e. The van der Waals surface area contributed by atoms with Gasteiger partial charge < -0.3 is 10.3 Å². The van der Waals surface area contributed by atoms with Crippen LogP contribution in [0.25, 0.3) is 0 Å². The molecule has 8 heteroatoms. The molecule has 0 aliphatic carbocycles. The molecule has 0 spiro atoms. The molecule has 1 aliphatic heterocycles. The molecule has 122 valence electrons. The SMILES string of the molecule is O=c1[nH]cccc1CNc1ccc(F)c(N2CCCS2(=O)=O)c1. The molecule has 0 atom stereocenters. The van der Waals surface area contributed by atoms with Crippen molar-refractivity contribution in [1.29, 1.82) is 0 Å². The zero-order valence-corrected chi connectivity index (χ0v) is 13.1. The summed E-state index contributed by atoms with van der Waals surface area (Å²) in [6, 6.07) is 7.58. The minimum atomic E-state index is -3.44. The highest BCUT2D eigenvalue weighted by Crippen LogP contribution is 2.29. The number of aromatic nitrogens is 1. The third-order valence-electron chi connectivity index (χ3n) is 3.70. The molecule has 0 radical (unpaired) electrons. The highest BCUT2D eigenvalue weighted by atomic mass is 32.2. The zero-order valence-electron chi connectivity index (χ0n) is 12.3. The molecule has 2 heterocycles. The molecule has 6 nitrogen and oxygen atoms in total. The number of H-pyrrole nitrogens is 1. The molecule has 1 aromatic heterocycles. The molecule has 1 aromatic carbocycles. The third kappa shape index (κ3) is 3.21. The highest BCUT2D eigenvalue weighted by Gasteiger charge is 2.30. The Bertz CT molecular complexity index is 880. The smallest absolute Gasteiger partial charge is 0.252 e. The van der Waals surface area contributed by atoms with Crippen molar-refractivity contribution in [2.45, 2.75) is 13.0 Å². The Morgan fingerprint density at radius 2 is 2.13 bits per heavy atom. The maximum atomic E-state index is 14.0. The van der Waals surface area contributed by atoms with Gasteiger partial charge in [0, 0.05) is 30.5 Å². The summed E-state index contributed by atoms with van der Waals surface area (Å²) in [7, 11) is -3.44. The number of benzene rings is 1. The molecule has 1 aliphatic rings. The van der Waals surface area contributed by atoms with Crippen LogP contribution in [-0.4, -0.2) is 25.7 Å². The Balaban J connectivity index is 1.84. The maximum absolute atomic E-state index is 14.0. The number of halogens is 1. The first-order valence-corrected chi connectivity index (χ1v) is 8.79. The lowest BCUT2D eigenvalue weighted by Gasteiger charge is -2.18. The Kier molecular flexibility index (Phi) is 4.08. The summed E-state index contributed by atoms with van der Waals surface area (Å²) in [5.74, 6) is -0.553.